The minimum absolute atomic E-state index is 0.00516. The third-order valence-electron chi connectivity index (χ3n) is 4.64. The second-order valence-electron chi connectivity index (χ2n) is 6.00. The number of fused-ring (bicyclic) bond motifs is 1. The second kappa shape index (κ2) is 6.55. The highest BCUT2D eigenvalue weighted by Gasteiger charge is 2.25. The van der Waals surface area contributed by atoms with Crippen LogP contribution >= 0.6 is 0 Å². The number of rotatable bonds is 4. The van der Waals surface area contributed by atoms with Gasteiger partial charge in [0, 0.05) is 24.7 Å². The minimum Gasteiger partial charge on any atom is -0.493 e. The molecular formula is C18H22N2O4. The van der Waals surface area contributed by atoms with Gasteiger partial charge in [-0.3, -0.25) is 9.59 Å². The molecule has 0 radical (unpaired) electrons. The molecule has 0 N–H and O–H groups in total. The van der Waals surface area contributed by atoms with Crippen molar-refractivity contribution < 1.29 is 14.3 Å². The van der Waals surface area contributed by atoms with E-state index in [2.05, 4.69) is 0 Å². The number of carbonyl (C=O) groups excluding carboxylic acids is 1. The van der Waals surface area contributed by atoms with Gasteiger partial charge in [-0.25, -0.2) is 0 Å². The van der Waals surface area contributed by atoms with Crippen molar-refractivity contribution in [1.82, 2.24) is 9.47 Å². The molecule has 24 heavy (non-hydrogen) atoms. The van der Waals surface area contributed by atoms with Crippen LogP contribution in [0.25, 0.3) is 10.8 Å². The summed E-state index contributed by atoms with van der Waals surface area (Å²) < 4.78 is 12.2. The number of benzene rings is 1. The van der Waals surface area contributed by atoms with E-state index >= 15 is 0 Å². The Kier molecular flexibility index (Phi) is 4.46. The Morgan fingerprint density at radius 1 is 1.08 bits per heavy atom. The van der Waals surface area contributed by atoms with Gasteiger partial charge in [0.15, 0.2) is 11.5 Å². The summed E-state index contributed by atoms with van der Waals surface area (Å²) in [6.07, 6.45) is 3.72. The van der Waals surface area contributed by atoms with Crippen LogP contribution in [-0.2, 0) is 4.79 Å². The van der Waals surface area contributed by atoms with Crippen molar-refractivity contribution in [3.05, 3.63) is 34.7 Å². The van der Waals surface area contributed by atoms with Gasteiger partial charge in [-0.05, 0) is 38.0 Å². The van der Waals surface area contributed by atoms with Gasteiger partial charge in [-0.2, -0.15) is 0 Å². The predicted molar refractivity (Wildman–Crippen MR) is 91.8 cm³/mol. The van der Waals surface area contributed by atoms with E-state index in [0.717, 1.165) is 25.9 Å². The Labute approximate surface area is 140 Å². The topological polar surface area (TPSA) is 60.8 Å². The van der Waals surface area contributed by atoms with Crippen molar-refractivity contribution in [1.29, 1.82) is 0 Å². The van der Waals surface area contributed by atoms with Crippen LogP contribution < -0.4 is 15.0 Å². The smallest absolute Gasteiger partial charge is 0.259 e. The summed E-state index contributed by atoms with van der Waals surface area (Å²) in [5, 5.41) is 1.19. The molecule has 1 aromatic heterocycles. The van der Waals surface area contributed by atoms with Crippen LogP contribution in [0.5, 0.6) is 11.5 Å². The molecule has 0 spiro atoms. The van der Waals surface area contributed by atoms with E-state index in [1.165, 1.54) is 4.57 Å². The van der Waals surface area contributed by atoms with Gasteiger partial charge < -0.3 is 18.9 Å². The summed E-state index contributed by atoms with van der Waals surface area (Å²) in [7, 11) is 3.10. The van der Waals surface area contributed by atoms with Crippen molar-refractivity contribution in [3.63, 3.8) is 0 Å². The third-order valence-corrected chi connectivity index (χ3v) is 4.64. The lowest BCUT2D eigenvalue weighted by Crippen LogP contribution is -2.37. The fourth-order valence-electron chi connectivity index (χ4n) is 3.29. The van der Waals surface area contributed by atoms with Gasteiger partial charge in [0.1, 0.15) is 6.04 Å². The maximum atomic E-state index is 12.9. The molecule has 0 aliphatic carbocycles. The molecule has 1 amide bonds. The molecule has 2 heterocycles. The van der Waals surface area contributed by atoms with Gasteiger partial charge in [0.05, 0.1) is 19.6 Å². The highest BCUT2D eigenvalue weighted by Crippen LogP contribution is 2.34. The molecule has 2 aromatic rings. The number of hydrogen-bond donors (Lipinski definition) is 0. The Hall–Kier alpha value is -2.50. The van der Waals surface area contributed by atoms with Gasteiger partial charge >= 0.3 is 0 Å². The lowest BCUT2D eigenvalue weighted by molar-refractivity contribution is -0.133. The summed E-state index contributed by atoms with van der Waals surface area (Å²) >= 11 is 0. The average molecular weight is 330 g/mol. The van der Waals surface area contributed by atoms with Crippen molar-refractivity contribution in [2.24, 2.45) is 0 Å². The van der Waals surface area contributed by atoms with E-state index in [4.69, 9.17) is 9.47 Å². The Balaban J connectivity index is 2.06. The van der Waals surface area contributed by atoms with Crippen LogP contribution in [0.3, 0.4) is 0 Å². The summed E-state index contributed by atoms with van der Waals surface area (Å²) in [4.78, 5) is 27.3. The molecule has 1 saturated heterocycles. The molecule has 6 heteroatoms. The van der Waals surface area contributed by atoms with E-state index in [0.29, 0.717) is 22.3 Å². The number of hydrogen-bond acceptors (Lipinski definition) is 4. The van der Waals surface area contributed by atoms with E-state index < -0.39 is 6.04 Å². The first-order valence-corrected chi connectivity index (χ1v) is 8.13. The van der Waals surface area contributed by atoms with Crippen molar-refractivity contribution in [3.8, 4) is 11.5 Å². The maximum Gasteiger partial charge on any atom is 0.259 e. The van der Waals surface area contributed by atoms with E-state index in [-0.39, 0.29) is 11.5 Å². The standard InChI is InChI=1S/C18H22N2O4/c1-12(17(21)19-9-4-5-10-19)20-11-8-13-14(18(20)22)6-7-15(23-2)16(13)24-3/h6-8,11-12H,4-5,9-10H2,1-3H3. The first-order valence-electron chi connectivity index (χ1n) is 8.13. The van der Waals surface area contributed by atoms with Crippen LogP contribution in [0.1, 0.15) is 25.8 Å². The van der Waals surface area contributed by atoms with Crippen molar-refractivity contribution >= 4 is 16.7 Å². The SMILES string of the molecule is COc1ccc2c(=O)n(C(C)C(=O)N3CCCC3)ccc2c1OC. The number of likely N-dealkylation sites (tertiary alicyclic amines) is 1. The number of ether oxygens (including phenoxy) is 2. The molecule has 1 aromatic carbocycles. The van der Waals surface area contributed by atoms with Gasteiger partial charge in [0.2, 0.25) is 5.91 Å². The summed E-state index contributed by atoms with van der Waals surface area (Å²) in [6.45, 7) is 3.32. The summed E-state index contributed by atoms with van der Waals surface area (Å²) in [5.74, 6) is 1.09. The molecule has 0 saturated carbocycles. The van der Waals surface area contributed by atoms with Gasteiger partial charge in [-0.15, -0.1) is 0 Å². The Morgan fingerprint density at radius 2 is 1.79 bits per heavy atom. The fraction of sp³-hybridized carbons (Fsp3) is 0.444. The fourth-order valence-corrected chi connectivity index (χ4v) is 3.29. The highest BCUT2D eigenvalue weighted by molar-refractivity contribution is 5.90. The van der Waals surface area contributed by atoms with Crippen LogP contribution in [0.15, 0.2) is 29.2 Å². The largest absolute Gasteiger partial charge is 0.493 e. The Morgan fingerprint density at radius 3 is 2.42 bits per heavy atom. The first-order chi connectivity index (χ1) is 11.6. The molecule has 128 valence electrons. The van der Waals surface area contributed by atoms with Crippen molar-refractivity contribution in [2.75, 3.05) is 27.3 Å². The molecule has 0 bridgehead atoms. The summed E-state index contributed by atoms with van der Waals surface area (Å²) in [6, 6.07) is 4.70. The summed E-state index contributed by atoms with van der Waals surface area (Å²) in [5.41, 5.74) is -0.200. The monoisotopic (exact) mass is 330 g/mol. The zero-order chi connectivity index (χ0) is 17.3. The van der Waals surface area contributed by atoms with Crippen LogP contribution in [0.4, 0.5) is 0 Å². The highest BCUT2D eigenvalue weighted by atomic mass is 16.5. The lowest BCUT2D eigenvalue weighted by atomic mass is 10.1. The molecule has 1 unspecified atom stereocenters. The van der Waals surface area contributed by atoms with E-state index in [1.807, 2.05) is 4.90 Å². The number of aromatic nitrogens is 1. The van der Waals surface area contributed by atoms with Crippen LogP contribution in [-0.4, -0.2) is 42.7 Å². The minimum atomic E-state index is -0.520. The third kappa shape index (κ3) is 2.62. The molecular weight excluding hydrogens is 308 g/mol. The number of pyridine rings is 1. The van der Waals surface area contributed by atoms with Crippen molar-refractivity contribution in [2.45, 2.75) is 25.8 Å². The van der Waals surface area contributed by atoms with Crippen LogP contribution in [0.2, 0.25) is 0 Å². The predicted octanol–water partition coefficient (Wildman–Crippen LogP) is 2.20. The Bertz CT molecular complexity index is 822. The van der Waals surface area contributed by atoms with E-state index in [9.17, 15) is 9.59 Å². The number of nitrogens with zero attached hydrogens (tertiary/aromatic N) is 2. The number of methoxy groups -OCH3 is 2. The second-order valence-corrected chi connectivity index (χ2v) is 6.00. The molecule has 1 atom stereocenters. The number of amides is 1. The first kappa shape index (κ1) is 16.4. The van der Waals surface area contributed by atoms with Gasteiger partial charge in [0.25, 0.3) is 5.56 Å². The molecule has 1 aliphatic rings. The van der Waals surface area contributed by atoms with E-state index in [1.54, 1.807) is 45.5 Å². The molecule has 1 fully saturated rings. The quantitative estimate of drug-likeness (QED) is 0.862. The molecule has 6 nitrogen and oxygen atoms in total. The normalized spacial score (nSPS) is 15.5. The number of carbonyl (C=O) groups is 1. The van der Waals surface area contributed by atoms with Gasteiger partial charge in [-0.1, -0.05) is 0 Å². The zero-order valence-corrected chi connectivity index (χ0v) is 14.2. The zero-order valence-electron chi connectivity index (χ0n) is 14.2. The lowest BCUT2D eigenvalue weighted by Gasteiger charge is -2.22. The average Bonchev–Trinajstić information content (AvgIpc) is 3.14. The maximum absolute atomic E-state index is 12.9. The van der Waals surface area contributed by atoms with Crippen LogP contribution in [0, 0.1) is 0 Å². The molecule has 1 aliphatic heterocycles. The molecule has 3 rings (SSSR count).